The molecule has 1 rings (SSSR count). The number of aliphatic carboxylic acids is 1. The Morgan fingerprint density at radius 2 is 2.06 bits per heavy atom. The maximum Gasteiger partial charge on any atom is 0.328 e. The molecule has 0 heterocycles. The van der Waals surface area contributed by atoms with Crippen molar-refractivity contribution in [2.45, 2.75) is 20.3 Å². The number of hydrogen-bond acceptors (Lipinski definition) is 2. The highest BCUT2D eigenvalue weighted by Gasteiger charge is 2.00. The zero-order chi connectivity index (χ0) is 12.7. The van der Waals surface area contributed by atoms with E-state index in [4.69, 9.17) is 9.84 Å². The molecule has 0 fully saturated rings. The van der Waals surface area contributed by atoms with Crippen LogP contribution in [0, 0.1) is 5.92 Å². The van der Waals surface area contributed by atoms with E-state index >= 15 is 0 Å². The average Bonchev–Trinajstić information content (AvgIpc) is 2.34. The number of hydrogen-bond donors (Lipinski definition) is 1. The molecule has 17 heavy (non-hydrogen) atoms. The van der Waals surface area contributed by atoms with Gasteiger partial charge in [-0.25, -0.2) is 4.79 Å². The van der Waals surface area contributed by atoms with E-state index in [2.05, 4.69) is 13.8 Å². The van der Waals surface area contributed by atoms with Crippen molar-refractivity contribution in [2.24, 2.45) is 5.92 Å². The molecule has 1 N–H and O–H groups in total. The maximum atomic E-state index is 10.3. The minimum absolute atomic E-state index is 0.543. The largest absolute Gasteiger partial charge is 0.493 e. The highest BCUT2D eigenvalue weighted by Crippen LogP contribution is 2.14. The highest BCUT2D eigenvalue weighted by atomic mass is 16.5. The number of carboxylic acid groups (broad SMARTS) is 1. The molecular weight excluding hydrogens is 216 g/mol. The van der Waals surface area contributed by atoms with Crippen molar-refractivity contribution >= 4 is 12.0 Å². The first kappa shape index (κ1) is 13.3. The van der Waals surface area contributed by atoms with Crippen LogP contribution in [0.25, 0.3) is 6.08 Å². The number of benzene rings is 1. The first-order valence-corrected chi connectivity index (χ1v) is 5.75. The van der Waals surface area contributed by atoms with Crippen LogP contribution in [0.15, 0.2) is 30.3 Å². The fourth-order valence-electron chi connectivity index (χ4n) is 1.20. The molecule has 0 aliphatic rings. The van der Waals surface area contributed by atoms with Gasteiger partial charge in [0, 0.05) is 6.08 Å². The van der Waals surface area contributed by atoms with Crippen LogP contribution >= 0.6 is 0 Å². The van der Waals surface area contributed by atoms with Crippen LogP contribution in [0.3, 0.4) is 0 Å². The Kier molecular flexibility index (Phi) is 5.27. The molecule has 1 unspecified atom stereocenters. The van der Waals surface area contributed by atoms with Crippen LogP contribution in [-0.4, -0.2) is 17.7 Å². The van der Waals surface area contributed by atoms with Crippen molar-refractivity contribution in [3.8, 4) is 5.75 Å². The molecule has 0 saturated heterocycles. The summed E-state index contributed by atoms with van der Waals surface area (Å²) in [5.41, 5.74) is 0.850. The van der Waals surface area contributed by atoms with E-state index in [0.29, 0.717) is 12.5 Å². The van der Waals surface area contributed by atoms with Crippen LogP contribution in [0.2, 0.25) is 0 Å². The Morgan fingerprint density at radius 3 is 2.59 bits per heavy atom. The van der Waals surface area contributed by atoms with E-state index in [0.717, 1.165) is 23.8 Å². The zero-order valence-electron chi connectivity index (χ0n) is 10.2. The summed E-state index contributed by atoms with van der Waals surface area (Å²) in [5, 5.41) is 8.49. The van der Waals surface area contributed by atoms with Crippen molar-refractivity contribution in [3.63, 3.8) is 0 Å². The monoisotopic (exact) mass is 234 g/mol. The smallest absolute Gasteiger partial charge is 0.328 e. The van der Waals surface area contributed by atoms with Gasteiger partial charge in [0.1, 0.15) is 5.75 Å². The van der Waals surface area contributed by atoms with Crippen molar-refractivity contribution in [3.05, 3.63) is 35.9 Å². The first-order chi connectivity index (χ1) is 8.11. The second kappa shape index (κ2) is 6.74. The standard InChI is InChI=1S/C14H18O3/c1-3-11(2)10-17-13-7-4-12(5-8-13)6-9-14(15)16/h4-9,11H,3,10H2,1-2H3,(H,15,16). The van der Waals surface area contributed by atoms with Gasteiger partial charge in [-0.1, -0.05) is 32.4 Å². The number of ether oxygens (including phenoxy) is 1. The molecular formula is C14H18O3. The second-order valence-corrected chi connectivity index (χ2v) is 4.07. The summed E-state index contributed by atoms with van der Waals surface area (Å²) in [7, 11) is 0. The highest BCUT2D eigenvalue weighted by molar-refractivity contribution is 5.85. The van der Waals surface area contributed by atoms with Gasteiger partial charge in [-0.3, -0.25) is 0 Å². The topological polar surface area (TPSA) is 46.5 Å². The van der Waals surface area contributed by atoms with Crippen LogP contribution in [0.5, 0.6) is 5.75 Å². The Balaban J connectivity index is 2.53. The Hall–Kier alpha value is -1.77. The van der Waals surface area contributed by atoms with E-state index in [1.165, 1.54) is 0 Å². The molecule has 0 radical (unpaired) electrons. The molecule has 1 atom stereocenters. The van der Waals surface area contributed by atoms with E-state index in [-0.39, 0.29) is 0 Å². The van der Waals surface area contributed by atoms with Gasteiger partial charge < -0.3 is 9.84 Å². The van der Waals surface area contributed by atoms with Crippen molar-refractivity contribution < 1.29 is 14.6 Å². The van der Waals surface area contributed by atoms with Gasteiger partial charge in [0.05, 0.1) is 6.61 Å². The predicted octanol–water partition coefficient (Wildman–Crippen LogP) is 3.21. The summed E-state index contributed by atoms with van der Waals surface area (Å²) >= 11 is 0. The molecule has 92 valence electrons. The molecule has 1 aromatic carbocycles. The number of carboxylic acids is 1. The third kappa shape index (κ3) is 5.20. The normalized spacial score (nSPS) is 12.6. The number of carbonyl (C=O) groups is 1. The molecule has 0 aliphatic heterocycles. The molecule has 3 heteroatoms. The Bertz CT molecular complexity index is 379. The summed E-state index contributed by atoms with van der Waals surface area (Å²) in [6.07, 6.45) is 3.77. The van der Waals surface area contributed by atoms with E-state index in [1.807, 2.05) is 24.3 Å². The molecule has 0 amide bonds. The summed E-state index contributed by atoms with van der Waals surface area (Å²) in [4.78, 5) is 10.3. The van der Waals surface area contributed by atoms with Gasteiger partial charge in [-0.15, -0.1) is 0 Å². The molecule has 0 aliphatic carbocycles. The van der Waals surface area contributed by atoms with Gasteiger partial charge in [-0.2, -0.15) is 0 Å². The lowest BCUT2D eigenvalue weighted by Crippen LogP contribution is -2.06. The fraction of sp³-hybridized carbons (Fsp3) is 0.357. The molecule has 1 aromatic rings. The van der Waals surface area contributed by atoms with Gasteiger partial charge >= 0.3 is 5.97 Å². The molecule has 0 aromatic heterocycles. The SMILES string of the molecule is CCC(C)COc1ccc(C=CC(=O)O)cc1. The van der Waals surface area contributed by atoms with Gasteiger partial charge in [0.25, 0.3) is 0 Å². The second-order valence-electron chi connectivity index (χ2n) is 4.07. The van der Waals surface area contributed by atoms with E-state index < -0.39 is 5.97 Å². The van der Waals surface area contributed by atoms with Crippen molar-refractivity contribution in [1.29, 1.82) is 0 Å². The summed E-state index contributed by atoms with van der Waals surface area (Å²) in [5.74, 6) is 0.418. The van der Waals surface area contributed by atoms with E-state index in [9.17, 15) is 4.79 Å². The maximum absolute atomic E-state index is 10.3. The minimum atomic E-state index is -0.943. The van der Waals surface area contributed by atoms with Gasteiger partial charge in [0.15, 0.2) is 0 Å². The van der Waals surface area contributed by atoms with Gasteiger partial charge in [0.2, 0.25) is 0 Å². The lowest BCUT2D eigenvalue weighted by atomic mass is 10.1. The predicted molar refractivity (Wildman–Crippen MR) is 68.1 cm³/mol. The molecule has 0 spiro atoms. The Morgan fingerprint density at radius 1 is 1.41 bits per heavy atom. The average molecular weight is 234 g/mol. The van der Waals surface area contributed by atoms with Gasteiger partial charge in [-0.05, 0) is 29.7 Å². The van der Waals surface area contributed by atoms with Crippen LogP contribution in [0.1, 0.15) is 25.8 Å². The van der Waals surface area contributed by atoms with Crippen molar-refractivity contribution in [1.82, 2.24) is 0 Å². The summed E-state index contributed by atoms with van der Waals surface area (Å²) in [6, 6.07) is 7.38. The lowest BCUT2D eigenvalue weighted by molar-refractivity contribution is -0.131. The summed E-state index contributed by atoms with van der Waals surface area (Å²) in [6.45, 7) is 4.98. The number of rotatable bonds is 6. The fourth-order valence-corrected chi connectivity index (χ4v) is 1.20. The Labute approximate surface area is 102 Å². The molecule has 0 bridgehead atoms. The van der Waals surface area contributed by atoms with Crippen LogP contribution in [-0.2, 0) is 4.79 Å². The zero-order valence-corrected chi connectivity index (χ0v) is 10.2. The van der Waals surface area contributed by atoms with Crippen molar-refractivity contribution in [2.75, 3.05) is 6.61 Å². The summed E-state index contributed by atoms with van der Waals surface area (Å²) < 4.78 is 5.60. The minimum Gasteiger partial charge on any atom is -0.493 e. The van der Waals surface area contributed by atoms with E-state index in [1.54, 1.807) is 6.08 Å². The molecule has 0 saturated carbocycles. The first-order valence-electron chi connectivity index (χ1n) is 5.75. The quantitative estimate of drug-likeness (QED) is 0.769. The molecule has 3 nitrogen and oxygen atoms in total. The lowest BCUT2D eigenvalue weighted by Gasteiger charge is -2.10. The third-order valence-electron chi connectivity index (χ3n) is 2.53. The van der Waals surface area contributed by atoms with Crippen LogP contribution < -0.4 is 4.74 Å². The third-order valence-corrected chi connectivity index (χ3v) is 2.53. The van der Waals surface area contributed by atoms with Crippen LogP contribution in [0.4, 0.5) is 0 Å².